The van der Waals surface area contributed by atoms with Gasteiger partial charge in [0.05, 0.1) is 4.90 Å². The van der Waals surface area contributed by atoms with Crippen molar-refractivity contribution in [1.82, 2.24) is 0 Å². The van der Waals surface area contributed by atoms with Gasteiger partial charge in [0.15, 0.2) is 0 Å². The zero-order chi connectivity index (χ0) is 19.7. The topological polar surface area (TPSA) is 75.3 Å². The molecule has 0 spiro atoms. The van der Waals surface area contributed by atoms with Crippen LogP contribution in [0.15, 0.2) is 47.4 Å². The van der Waals surface area contributed by atoms with Crippen molar-refractivity contribution in [1.29, 1.82) is 0 Å². The number of alkyl halides is 3. The zero-order valence-electron chi connectivity index (χ0n) is 14.1. The first-order chi connectivity index (χ1) is 12.7. The number of carbonyl (C=O) groups is 1. The monoisotopic (exact) mass is 398 g/mol. The highest BCUT2D eigenvalue weighted by atomic mass is 32.2. The van der Waals surface area contributed by atoms with E-state index in [-0.39, 0.29) is 12.5 Å². The molecule has 0 atom stereocenters. The van der Waals surface area contributed by atoms with Gasteiger partial charge in [-0.1, -0.05) is 18.2 Å². The summed E-state index contributed by atoms with van der Waals surface area (Å²) in [7, 11) is -5.38. The molecule has 1 aliphatic rings. The van der Waals surface area contributed by atoms with Gasteiger partial charge in [-0.25, -0.2) is 8.42 Å². The lowest BCUT2D eigenvalue weighted by molar-refractivity contribution is -0.116. The summed E-state index contributed by atoms with van der Waals surface area (Å²) in [4.78, 5) is 10.9. The van der Waals surface area contributed by atoms with E-state index in [9.17, 15) is 26.4 Å². The van der Waals surface area contributed by atoms with Crippen molar-refractivity contribution < 1.29 is 26.4 Å². The van der Waals surface area contributed by atoms with Gasteiger partial charge in [0.25, 0.3) is 9.84 Å². The van der Waals surface area contributed by atoms with Crippen LogP contribution in [0.1, 0.15) is 24.0 Å². The highest BCUT2D eigenvalue weighted by Gasteiger charge is 2.46. The number of amides is 1. The fourth-order valence-electron chi connectivity index (χ4n) is 2.83. The Labute approximate surface area is 154 Å². The maximum absolute atomic E-state index is 12.7. The molecular formula is C18H17F3N2O3S. The number of rotatable bonds is 4. The minimum Gasteiger partial charge on any atom is -0.381 e. The van der Waals surface area contributed by atoms with Gasteiger partial charge in [-0.2, -0.15) is 13.2 Å². The quantitative estimate of drug-likeness (QED) is 0.820. The van der Waals surface area contributed by atoms with Crippen LogP contribution >= 0.6 is 0 Å². The molecule has 0 bridgehead atoms. The Kier molecular flexibility index (Phi) is 5.14. The number of sulfone groups is 1. The lowest BCUT2D eigenvalue weighted by Crippen LogP contribution is -2.23. The molecule has 9 heteroatoms. The van der Waals surface area contributed by atoms with Gasteiger partial charge in [0, 0.05) is 24.3 Å². The maximum Gasteiger partial charge on any atom is 0.501 e. The van der Waals surface area contributed by atoms with E-state index >= 15 is 0 Å². The maximum atomic E-state index is 12.7. The van der Waals surface area contributed by atoms with Crippen molar-refractivity contribution in [3.05, 3.63) is 53.6 Å². The number of aryl methyl sites for hydroxylation is 1. The first kappa shape index (κ1) is 19.2. The van der Waals surface area contributed by atoms with Crippen molar-refractivity contribution in [2.75, 3.05) is 10.6 Å². The van der Waals surface area contributed by atoms with Crippen LogP contribution in [0.25, 0.3) is 0 Å². The third kappa shape index (κ3) is 4.24. The summed E-state index contributed by atoms with van der Waals surface area (Å²) in [5.41, 5.74) is -2.56. The van der Waals surface area contributed by atoms with Crippen molar-refractivity contribution >= 4 is 27.1 Å². The number of hydrogen-bond donors (Lipinski definition) is 2. The molecule has 0 aromatic heterocycles. The fraction of sp³-hybridized carbons (Fsp3) is 0.278. The summed E-state index contributed by atoms with van der Waals surface area (Å²) >= 11 is 0. The number of halogens is 3. The van der Waals surface area contributed by atoms with Crippen LogP contribution in [0.5, 0.6) is 0 Å². The molecule has 2 aromatic rings. The Hall–Kier alpha value is -2.55. The van der Waals surface area contributed by atoms with Crippen molar-refractivity contribution in [2.45, 2.75) is 36.2 Å². The molecule has 1 amide bonds. The standard InChI is InChI=1S/C18H17F3N2O3S/c19-18(20,21)27(25,26)15-5-1-3-12(9-15)11-22-14-8-7-13-4-2-6-17(24)23-16(13)10-14/h1,3,5,7-10,22H,2,4,6,11H2,(H,23,24). The van der Waals surface area contributed by atoms with Crippen molar-refractivity contribution in [2.24, 2.45) is 0 Å². The van der Waals surface area contributed by atoms with Gasteiger partial charge in [-0.3, -0.25) is 4.79 Å². The second-order valence-electron chi connectivity index (χ2n) is 6.22. The number of fused-ring (bicyclic) bond motifs is 1. The summed E-state index contributed by atoms with van der Waals surface area (Å²) in [6, 6.07) is 10.2. The van der Waals surface area contributed by atoms with Gasteiger partial charge >= 0.3 is 5.51 Å². The molecule has 0 aliphatic carbocycles. The van der Waals surface area contributed by atoms with Crippen LogP contribution in [-0.4, -0.2) is 19.8 Å². The minimum absolute atomic E-state index is 0.0593. The molecule has 3 rings (SSSR count). The lowest BCUT2D eigenvalue weighted by Gasteiger charge is -2.13. The van der Waals surface area contributed by atoms with Crippen molar-refractivity contribution in [3.8, 4) is 0 Å². The molecule has 1 heterocycles. The Balaban J connectivity index is 1.76. The smallest absolute Gasteiger partial charge is 0.381 e. The molecule has 2 aromatic carbocycles. The second-order valence-corrected chi connectivity index (χ2v) is 8.16. The van der Waals surface area contributed by atoms with E-state index in [1.807, 2.05) is 12.1 Å². The van der Waals surface area contributed by atoms with E-state index < -0.39 is 20.2 Å². The Bertz CT molecular complexity index is 972. The summed E-state index contributed by atoms with van der Waals surface area (Å²) < 4.78 is 61.1. The predicted molar refractivity (Wildman–Crippen MR) is 95.0 cm³/mol. The van der Waals surface area contributed by atoms with Gasteiger partial charge in [0.2, 0.25) is 5.91 Å². The first-order valence-corrected chi connectivity index (χ1v) is 9.72. The lowest BCUT2D eigenvalue weighted by atomic mass is 10.1. The molecule has 0 fully saturated rings. The van der Waals surface area contributed by atoms with Crippen LogP contribution in [0.2, 0.25) is 0 Å². The van der Waals surface area contributed by atoms with Crippen LogP contribution in [0, 0.1) is 0 Å². The summed E-state index contributed by atoms with van der Waals surface area (Å²) in [6.45, 7) is 0.133. The average molecular weight is 398 g/mol. The molecule has 5 nitrogen and oxygen atoms in total. The van der Waals surface area contributed by atoms with Gasteiger partial charge in [-0.15, -0.1) is 0 Å². The van der Waals surface area contributed by atoms with E-state index in [4.69, 9.17) is 0 Å². The van der Waals surface area contributed by atoms with Gasteiger partial charge < -0.3 is 10.6 Å². The number of nitrogens with one attached hydrogen (secondary N) is 2. The minimum atomic E-state index is -5.38. The number of hydrogen-bond acceptors (Lipinski definition) is 4. The molecule has 2 N–H and O–H groups in total. The molecule has 0 unspecified atom stereocenters. The molecule has 0 radical (unpaired) electrons. The summed E-state index contributed by atoms with van der Waals surface area (Å²) in [6.07, 6.45) is 2.01. The number of benzene rings is 2. The van der Waals surface area contributed by atoms with Crippen LogP contribution in [0.3, 0.4) is 0 Å². The van der Waals surface area contributed by atoms with Crippen LogP contribution in [-0.2, 0) is 27.6 Å². The average Bonchev–Trinajstić information content (AvgIpc) is 2.79. The third-order valence-corrected chi connectivity index (χ3v) is 5.73. The molecule has 27 heavy (non-hydrogen) atoms. The third-order valence-electron chi connectivity index (χ3n) is 4.24. The number of anilines is 2. The fourth-order valence-corrected chi connectivity index (χ4v) is 3.66. The normalized spacial score (nSPS) is 14.9. The first-order valence-electron chi connectivity index (χ1n) is 8.24. The van der Waals surface area contributed by atoms with E-state index in [2.05, 4.69) is 10.6 Å². The highest BCUT2D eigenvalue weighted by Crippen LogP contribution is 2.31. The van der Waals surface area contributed by atoms with E-state index in [0.717, 1.165) is 30.5 Å². The summed E-state index contributed by atoms with van der Waals surface area (Å²) in [5, 5.41) is 5.86. The largest absolute Gasteiger partial charge is 0.501 e. The van der Waals surface area contributed by atoms with Crippen LogP contribution in [0.4, 0.5) is 24.5 Å². The Morgan fingerprint density at radius 1 is 1.07 bits per heavy atom. The Morgan fingerprint density at radius 3 is 2.59 bits per heavy atom. The molecule has 1 aliphatic heterocycles. The summed E-state index contributed by atoms with van der Waals surface area (Å²) in [5.74, 6) is -0.0593. The van der Waals surface area contributed by atoms with Gasteiger partial charge in [0.1, 0.15) is 0 Å². The van der Waals surface area contributed by atoms with E-state index in [1.165, 1.54) is 12.1 Å². The molecule has 0 saturated heterocycles. The zero-order valence-corrected chi connectivity index (χ0v) is 15.0. The Morgan fingerprint density at radius 2 is 1.85 bits per heavy atom. The highest BCUT2D eigenvalue weighted by molar-refractivity contribution is 7.92. The van der Waals surface area contributed by atoms with Gasteiger partial charge in [-0.05, 0) is 48.2 Å². The molecular weight excluding hydrogens is 381 g/mol. The SMILES string of the molecule is O=C1CCCc2ccc(NCc3cccc(S(=O)(=O)C(F)(F)F)c3)cc2N1. The predicted octanol–water partition coefficient (Wildman–Crippen LogP) is 3.87. The van der Waals surface area contributed by atoms with Crippen molar-refractivity contribution in [3.63, 3.8) is 0 Å². The number of carbonyl (C=O) groups excluding carboxylic acids is 1. The van der Waals surface area contributed by atoms with Crippen LogP contribution < -0.4 is 10.6 Å². The van der Waals surface area contributed by atoms with E-state index in [1.54, 1.807) is 6.07 Å². The second kappa shape index (κ2) is 7.22. The molecule has 0 saturated carbocycles. The van der Waals surface area contributed by atoms with E-state index in [0.29, 0.717) is 23.4 Å². The molecule has 144 valence electrons.